The van der Waals surface area contributed by atoms with Gasteiger partial charge in [0.05, 0.1) is 17.7 Å². The molecule has 5 nitrogen and oxygen atoms in total. The predicted molar refractivity (Wildman–Crippen MR) is 122 cm³/mol. The molecule has 2 aromatic carbocycles. The molecule has 4 rings (SSSR count). The fourth-order valence-corrected chi connectivity index (χ4v) is 4.95. The molecular weight excluding hydrogens is 426 g/mol. The van der Waals surface area contributed by atoms with Crippen LogP contribution >= 0.6 is 0 Å². The standard InChI is InChI=1S/C26H32F2N2O3/c1-32-25-10-6-14-30-23(25)8-4-5-13-29(18-19-11-12-20(27)17-22(19)28)15-16-33-24-9-3-2-7-21(24)26(30)31/h2-3,7,9,11-12,17,23,25H,4-6,8,10,13-16,18H2,1H3/t23-,25-/m0/s1. The third kappa shape index (κ3) is 5.71. The maximum atomic E-state index is 14.3. The summed E-state index contributed by atoms with van der Waals surface area (Å²) in [6, 6.07) is 11.1. The summed E-state index contributed by atoms with van der Waals surface area (Å²) >= 11 is 0. The average Bonchev–Trinajstić information content (AvgIpc) is 2.83. The van der Waals surface area contributed by atoms with E-state index < -0.39 is 11.6 Å². The van der Waals surface area contributed by atoms with Crippen LogP contribution in [0.15, 0.2) is 42.5 Å². The van der Waals surface area contributed by atoms with Gasteiger partial charge in [-0.15, -0.1) is 0 Å². The highest BCUT2D eigenvalue weighted by atomic mass is 19.1. The predicted octanol–water partition coefficient (Wildman–Crippen LogP) is 4.65. The highest BCUT2D eigenvalue weighted by molar-refractivity contribution is 5.97. The van der Waals surface area contributed by atoms with Crippen molar-refractivity contribution in [1.82, 2.24) is 9.80 Å². The van der Waals surface area contributed by atoms with Crippen LogP contribution in [0.3, 0.4) is 0 Å². The van der Waals surface area contributed by atoms with Gasteiger partial charge in [-0.2, -0.15) is 0 Å². The van der Waals surface area contributed by atoms with Gasteiger partial charge < -0.3 is 14.4 Å². The zero-order chi connectivity index (χ0) is 23.2. The first-order chi connectivity index (χ1) is 16.1. The Balaban J connectivity index is 1.56. The van der Waals surface area contributed by atoms with Crippen LogP contribution in [-0.4, -0.2) is 61.2 Å². The fraction of sp³-hybridized carbons (Fsp3) is 0.500. The van der Waals surface area contributed by atoms with Crippen LogP contribution in [0.25, 0.3) is 0 Å². The SMILES string of the molecule is CO[C@H]1CCCN2C(=O)c3ccccc3OCCN(Cc3ccc(F)cc3F)CCCC[C@@H]12. The second-order valence-corrected chi connectivity index (χ2v) is 8.83. The molecule has 0 radical (unpaired) electrons. The smallest absolute Gasteiger partial charge is 0.257 e. The number of halogens is 2. The molecule has 1 amide bonds. The lowest BCUT2D eigenvalue weighted by Crippen LogP contribution is -2.51. The molecule has 2 aliphatic rings. The van der Waals surface area contributed by atoms with Gasteiger partial charge in [0.2, 0.25) is 0 Å². The van der Waals surface area contributed by atoms with E-state index in [1.54, 1.807) is 7.11 Å². The molecule has 2 aromatic rings. The third-order valence-corrected chi connectivity index (χ3v) is 6.70. The number of hydrogen-bond donors (Lipinski definition) is 0. The molecule has 178 valence electrons. The Hall–Kier alpha value is -2.51. The van der Waals surface area contributed by atoms with Crippen molar-refractivity contribution in [3.8, 4) is 5.75 Å². The van der Waals surface area contributed by atoms with E-state index in [1.165, 1.54) is 12.1 Å². The lowest BCUT2D eigenvalue weighted by atomic mass is 9.93. The molecule has 33 heavy (non-hydrogen) atoms. The topological polar surface area (TPSA) is 42.0 Å². The van der Waals surface area contributed by atoms with Crippen LogP contribution in [0.2, 0.25) is 0 Å². The fourth-order valence-electron chi connectivity index (χ4n) is 4.95. The Morgan fingerprint density at radius 3 is 2.70 bits per heavy atom. The van der Waals surface area contributed by atoms with Crippen molar-refractivity contribution in [3.63, 3.8) is 0 Å². The molecule has 0 bridgehead atoms. The number of hydrogen-bond acceptors (Lipinski definition) is 4. The van der Waals surface area contributed by atoms with E-state index in [1.807, 2.05) is 29.2 Å². The molecule has 7 heteroatoms. The highest BCUT2D eigenvalue weighted by Gasteiger charge is 2.35. The van der Waals surface area contributed by atoms with E-state index in [9.17, 15) is 13.6 Å². The average molecular weight is 459 g/mol. The number of fused-ring (bicyclic) bond motifs is 2. The molecule has 2 heterocycles. The van der Waals surface area contributed by atoms with Crippen LogP contribution in [0, 0.1) is 11.6 Å². The van der Waals surface area contributed by atoms with E-state index in [2.05, 4.69) is 4.90 Å². The largest absolute Gasteiger partial charge is 0.491 e. The quantitative estimate of drug-likeness (QED) is 0.672. The molecule has 2 aliphatic heterocycles. The van der Waals surface area contributed by atoms with Crippen LogP contribution in [0.5, 0.6) is 5.75 Å². The molecule has 0 saturated carbocycles. The molecule has 0 unspecified atom stereocenters. The van der Waals surface area contributed by atoms with Gasteiger partial charge in [-0.3, -0.25) is 9.69 Å². The van der Waals surface area contributed by atoms with Crippen LogP contribution in [0.4, 0.5) is 8.78 Å². The molecule has 0 spiro atoms. The van der Waals surface area contributed by atoms with E-state index in [0.29, 0.717) is 43.1 Å². The number of para-hydroxylation sites is 1. The number of rotatable bonds is 3. The summed E-state index contributed by atoms with van der Waals surface area (Å²) in [5, 5.41) is 0. The summed E-state index contributed by atoms with van der Waals surface area (Å²) in [5.74, 6) is -0.555. The van der Waals surface area contributed by atoms with E-state index >= 15 is 0 Å². The number of methoxy groups -OCH3 is 1. The Labute approximate surface area is 194 Å². The van der Waals surface area contributed by atoms with E-state index in [-0.39, 0.29) is 18.1 Å². The van der Waals surface area contributed by atoms with Crippen molar-refractivity contribution in [1.29, 1.82) is 0 Å². The van der Waals surface area contributed by atoms with Crippen LogP contribution < -0.4 is 4.74 Å². The Morgan fingerprint density at radius 1 is 1.03 bits per heavy atom. The zero-order valence-corrected chi connectivity index (χ0v) is 19.1. The molecular formula is C26H32F2N2O3. The monoisotopic (exact) mass is 458 g/mol. The first-order valence-electron chi connectivity index (χ1n) is 11.8. The Kier molecular flexibility index (Phi) is 7.93. The van der Waals surface area contributed by atoms with Crippen molar-refractivity contribution in [3.05, 3.63) is 65.2 Å². The summed E-state index contributed by atoms with van der Waals surface area (Å²) < 4.78 is 39.4. The molecule has 1 fully saturated rings. The number of carbonyl (C=O) groups excluding carboxylic acids is 1. The third-order valence-electron chi connectivity index (χ3n) is 6.70. The van der Waals surface area contributed by atoms with Gasteiger partial charge in [0.25, 0.3) is 5.91 Å². The highest BCUT2D eigenvalue weighted by Crippen LogP contribution is 2.29. The number of piperidine rings is 1. The van der Waals surface area contributed by atoms with Crippen molar-refractivity contribution in [2.75, 3.05) is 33.4 Å². The summed E-state index contributed by atoms with van der Waals surface area (Å²) in [5.41, 5.74) is 1.03. The first-order valence-corrected chi connectivity index (χ1v) is 11.8. The number of ether oxygens (including phenoxy) is 2. The van der Waals surface area contributed by atoms with Crippen molar-refractivity contribution in [2.45, 2.75) is 50.8 Å². The normalized spacial score (nSPS) is 22.9. The van der Waals surface area contributed by atoms with Crippen LogP contribution in [0.1, 0.15) is 48.0 Å². The molecule has 0 N–H and O–H groups in total. The summed E-state index contributed by atoms with van der Waals surface area (Å²) in [4.78, 5) is 17.6. The maximum absolute atomic E-state index is 14.3. The van der Waals surface area contributed by atoms with Gasteiger partial charge >= 0.3 is 0 Å². The van der Waals surface area contributed by atoms with Crippen molar-refractivity contribution >= 4 is 5.91 Å². The second-order valence-electron chi connectivity index (χ2n) is 8.83. The van der Waals surface area contributed by atoms with Gasteiger partial charge in [-0.1, -0.05) is 24.6 Å². The van der Waals surface area contributed by atoms with E-state index in [4.69, 9.17) is 9.47 Å². The number of benzene rings is 2. The Bertz CT molecular complexity index is 955. The zero-order valence-electron chi connectivity index (χ0n) is 19.1. The van der Waals surface area contributed by atoms with Gasteiger partial charge in [0.15, 0.2) is 0 Å². The molecule has 2 atom stereocenters. The maximum Gasteiger partial charge on any atom is 0.257 e. The van der Waals surface area contributed by atoms with Crippen molar-refractivity contribution in [2.24, 2.45) is 0 Å². The second kappa shape index (κ2) is 11.1. The molecule has 0 aliphatic carbocycles. The minimum atomic E-state index is -0.574. The molecule has 1 saturated heterocycles. The summed E-state index contributed by atoms with van der Waals surface area (Å²) in [6.45, 7) is 2.81. The number of amides is 1. The summed E-state index contributed by atoms with van der Waals surface area (Å²) in [6.07, 6.45) is 4.57. The Morgan fingerprint density at radius 2 is 1.88 bits per heavy atom. The number of nitrogens with zero attached hydrogens (tertiary/aromatic N) is 2. The minimum absolute atomic E-state index is 0.0122. The minimum Gasteiger partial charge on any atom is -0.491 e. The van der Waals surface area contributed by atoms with Gasteiger partial charge in [0.1, 0.15) is 24.0 Å². The van der Waals surface area contributed by atoms with E-state index in [0.717, 1.165) is 44.7 Å². The van der Waals surface area contributed by atoms with Gasteiger partial charge in [0, 0.05) is 38.4 Å². The lowest BCUT2D eigenvalue weighted by Gasteiger charge is -2.41. The van der Waals surface area contributed by atoms with Crippen molar-refractivity contribution < 1.29 is 23.0 Å². The first kappa shape index (κ1) is 23.6. The van der Waals surface area contributed by atoms with Gasteiger partial charge in [-0.05, 0) is 50.4 Å². The lowest BCUT2D eigenvalue weighted by molar-refractivity contribution is -0.0155. The van der Waals surface area contributed by atoms with Gasteiger partial charge in [-0.25, -0.2) is 8.78 Å². The molecule has 0 aromatic heterocycles. The van der Waals surface area contributed by atoms with Crippen LogP contribution in [-0.2, 0) is 11.3 Å². The number of carbonyl (C=O) groups is 1. The summed E-state index contributed by atoms with van der Waals surface area (Å²) in [7, 11) is 1.72.